The zero-order chi connectivity index (χ0) is 32.4. The van der Waals surface area contributed by atoms with Crippen molar-refractivity contribution in [2.75, 3.05) is 18.1 Å². The second-order valence-electron chi connectivity index (χ2n) is 9.48. The van der Waals surface area contributed by atoms with Crippen LogP contribution in [0, 0.1) is 0 Å². The van der Waals surface area contributed by atoms with Crippen molar-refractivity contribution in [2.45, 2.75) is 0 Å². The molecule has 0 radical (unpaired) electrons. The third-order valence-electron chi connectivity index (χ3n) is 6.64. The first-order valence-electron chi connectivity index (χ1n) is 12.9. The molecule has 0 N–H and O–H groups in total. The van der Waals surface area contributed by atoms with E-state index < -0.39 is 48.5 Å². The van der Waals surface area contributed by atoms with Gasteiger partial charge in [-0.2, -0.15) is 0 Å². The number of anilines is 1. The second kappa shape index (κ2) is 13.2. The van der Waals surface area contributed by atoms with Gasteiger partial charge in [-0.25, -0.2) is 14.5 Å². The largest absolute Gasteiger partial charge is 0.454 e. The van der Waals surface area contributed by atoms with Gasteiger partial charge < -0.3 is 9.47 Å². The minimum atomic E-state index is -0.966. The smallest absolute Gasteiger partial charge is 0.340 e. The molecule has 0 atom stereocenters. The zero-order valence-corrected chi connectivity index (χ0v) is 25.7. The Morgan fingerprint density at radius 2 is 1.07 bits per heavy atom. The fourth-order valence-corrected chi connectivity index (χ4v) is 4.95. The topological polar surface area (TPSA) is 124 Å². The Morgan fingerprint density at radius 3 is 1.64 bits per heavy atom. The molecular weight excluding hydrogens is 668 g/mol. The van der Waals surface area contributed by atoms with Gasteiger partial charge in [0, 0.05) is 11.1 Å². The number of Topliss-reactive ketones (excluding diaryl/α,β-unsaturated/α-hetero) is 2. The zero-order valence-electron chi connectivity index (χ0n) is 22.6. The molecule has 1 aliphatic heterocycles. The van der Waals surface area contributed by atoms with Gasteiger partial charge in [0.15, 0.2) is 24.8 Å². The second-order valence-corrected chi connectivity index (χ2v) is 11.1. The Kier molecular flexibility index (Phi) is 9.36. The van der Waals surface area contributed by atoms with Gasteiger partial charge in [0.1, 0.15) is 0 Å². The summed E-state index contributed by atoms with van der Waals surface area (Å²) < 4.78 is 10.3. The summed E-state index contributed by atoms with van der Waals surface area (Å²) in [5.41, 5.74) is -0.143. The molecule has 0 fully saturated rings. The van der Waals surface area contributed by atoms with E-state index in [-0.39, 0.29) is 59.2 Å². The number of ether oxygens (including phenoxy) is 2. The van der Waals surface area contributed by atoms with E-state index in [1.165, 1.54) is 78.9 Å². The molecule has 5 rings (SSSR count). The molecule has 0 saturated carbocycles. The maximum Gasteiger partial charge on any atom is 0.340 e. The third-order valence-corrected chi connectivity index (χ3v) is 8.12. The number of esters is 2. The highest BCUT2D eigenvalue weighted by Crippen LogP contribution is 2.32. The van der Waals surface area contributed by atoms with E-state index in [0.29, 0.717) is 0 Å². The summed E-state index contributed by atoms with van der Waals surface area (Å²) in [6.45, 7) is -1.26. The summed E-state index contributed by atoms with van der Waals surface area (Å²) in [6.07, 6.45) is 0. The Labute approximate surface area is 275 Å². The number of imide groups is 1. The Balaban J connectivity index is 1.30. The van der Waals surface area contributed by atoms with Crippen LogP contribution >= 0.6 is 46.4 Å². The molecule has 45 heavy (non-hydrogen) atoms. The van der Waals surface area contributed by atoms with E-state index in [4.69, 9.17) is 55.9 Å². The molecule has 226 valence electrons. The maximum absolute atomic E-state index is 13.4. The van der Waals surface area contributed by atoms with E-state index in [2.05, 4.69) is 0 Å². The Morgan fingerprint density at radius 1 is 0.556 bits per heavy atom. The van der Waals surface area contributed by atoms with E-state index in [9.17, 15) is 28.8 Å². The van der Waals surface area contributed by atoms with E-state index in [1.54, 1.807) is 0 Å². The van der Waals surface area contributed by atoms with Crippen LogP contribution in [-0.2, 0) is 9.47 Å². The van der Waals surface area contributed by atoms with Crippen LogP contribution in [-0.4, -0.2) is 48.5 Å². The summed E-state index contributed by atoms with van der Waals surface area (Å²) >= 11 is 23.6. The summed E-state index contributed by atoms with van der Waals surface area (Å²) in [4.78, 5) is 78.2. The lowest BCUT2D eigenvalue weighted by atomic mass is 10.1. The monoisotopic (exact) mass is 683 g/mol. The summed E-state index contributed by atoms with van der Waals surface area (Å²) in [5, 5.41) is 0.815. The first-order chi connectivity index (χ1) is 21.5. The van der Waals surface area contributed by atoms with Crippen LogP contribution < -0.4 is 4.90 Å². The number of halogens is 4. The minimum Gasteiger partial charge on any atom is -0.454 e. The van der Waals surface area contributed by atoms with E-state index in [1.807, 2.05) is 0 Å². The van der Waals surface area contributed by atoms with Crippen molar-refractivity contribution >= 4 is 87.4 Å². The molecule has 1 heterocycles. The Hall–Kier alpha value is -4.54. The third kappa shape index (κ3) is 6.62. The number of rotatable bonds is 9. The number of amides is 2. The van der Waals surface area contributed by atoms with Crippen LogP contribution in [0.1, 0.15) is 62.1 Å². The first-order valence-corrected chi connectivity index (χ1v) is 14.4. The van der Waals surface area contributed by atoms with E-state index >= 15 is 0 Å². The molecule has 0 saturated heterocycles. The number of hydrogen-bond acceptors (Lipinski definition) is 8. The lowest BCUT2D eigenvalue weighted by Gasteiger charge is -2.17. The number of carbonyl (C=O) groups is 6. The molecule has 1 aliphatic rings. The van der Waals surface area contributed by atoms with Gasteiger partial charge in [-0.3, -0.25) is 19.2 Å². The van der Waals surface area contributed by atoms with Gasteiger partial charge in [0.05, 0.1) is 48.0 Å². The fourth-order valence-electron chi connectivity index (χ4n) is 4.36. The summed E-state index contributed by atoms with van der Waals surface area (Å²) in [7, 11) is 0. The molecule has 9 nitrogen and oxygen atoms in total. The number of benzene rings is 4. The number of carbonyl (C=O) groups excluding carboxylic acids is 6. The van der Waals surface area contributed by atoms with Crippen molar-refractivity contribution in [3.05, 3.63) is 132 Å². The molecule has 0 unspecified atom stereocenters. The molecule has 0 aliphatic carbocycles. The highest BCUT2D eigenvalue weighted by Gasteiger charge is 2.39. The van der Waals surface area contributed by atoms with Crippen LogP contribution in [0.2, 0.25) is 20.1 Å². The van der Waals surface area contributed by atoms with Crippen LogP contribution in [0.25, 0.3) is 0 Å². The molecule has 13 heteroatoms. The highest BCUT2D eigenvalue weighted by molar-refractivity contribution is 6.42. The van der Waals surface area contributed by atoms with Crippen LogP contribution in [0.5, 0.6) is 0 Å². The SMILES string of the molecule is O=C(COC(=O)c1ccc2c(c1)C(=O)N(c1ccccc1C(=O)OCC(=O)c1ccc(Cl)c(Cl)c1)C2=O)c1ccc(Cl)c(Cl)c1. The van der Waals surface area contributed by atoms with Crippen molar-refractivity contribution < 1.29 is 38.2 Å². The maximum atomic E-state index is 13.4. The molecule has 0 bridgehead atoms. The van der Waals surface area contributed by atoms with Crippen molar-refractivity contribution in [3.63, 3.8) is 0 Å². The number of para-hydroxylation sites is 1. The van der Waals surface area contributed by atoms with Crippen molar-refractivity contribution in [1.29, 1.82) is 0 Å². The van der Waals surface area contributed by atoms with Gasteiger partial charge >= 0.3 is 11.9 Å². The number of fused-ring (bicyclic) bond motifs is 1. The average molecular weight is 685 g/mol. The molecule has 4 aromatic carbocycles. The van der Waals surface area contributed by atoms with Crippen LogP contribution in [0.3, 0.4) is 0 Å². The minimum absolute atomic E-state index is 0.0265. The van der Waals surface area contributed by atoms with Gasteiger partial charge in [-0.15, -0.1) is 0 Å². The lowest BCUT2D eigenvalue weighted by Crippen LogP contribution is -2.31. The highest BCUT2D eigenvalue weighted by atomic mass is 35.5. The van der Waals surface area contributed by atoms with Gasteiger partial charge in [-0.1, -0.05) is 58.5 Å². The van der Waals surface area contributed by atoms with Gasteiger partial charge in [-0.05, 0) is 66.7 Å². The van der Waals surface area contributed by atoms with Crippen LogP contribution in [0.4, 0.5) is 5.69 Å². The molecule has 0 spiro atoms. The predicted octanol–water partition coefficient (Wildman–Crippen LogP) is 7.18. The molecule has 2 amide bonds. The van der Waals surface area contributed by atoms with Crippen molar-refractivity contribution in [1.82, 2.24) is 0 Å². The van der Waals surface area contributed by atoms with E-state index in [0.717, 1.165) is 4.90 Å². The molecule has 4 aromatic rings. The van der Waals surface area contributed by atoms with Gasteiger partial charge in [0.25, 0.3) is 11.8 Å². The first kappa shape index (κ1) is 31.9. The predicted molar refractivity (Wildman–Crippen MR) is 166 cm³/mol. The van der Waals surface area contributed by atoms with Crippen LogP contribution in [0.15, 0.2) is 78.9 Å². The lowest BCUT2D eigenvalue weighted by molar-refractivity contribution is 0.0472. The Bertz CT molecular complexity index is 1940. The standard InChI is InChI=1S/C32H17Cl4NO8/c33-22-9-6-16(12-24(22)35)27(38)14-44-31(42)18-5-8-19-21(11-18)30(41)37(29(19)40)26-4-2-1-3-20(26)32(43)45-15-28(39)17-7-10-23(34)25(36)13-17/h1-13H,14-15H2. The quantitative estimate of drug-likeness (QED) is 0.103. The number of ketones is 2. The summed E-state index contributed by atoms with van der Waals surface area (Å²) in [5.74, 6) is -4.55. The molecular formula is C32H17Cl4NO8. The normalized spacial score (nSPS) is 12.1. The summed E-state index contributed by atoms with van der Waals surface area (Å²) in [6, 6.07) is 17.8. The number of nitrogens with zero attached hydrogens (tertiary/aromatic N) is 1. The fraction of sp³-hybridized carbons (Fsp3) is 0.0625. The average Bonchev–Trinajstić information content (AvgIpc) is 3.29. The van der Waals surface area contributed by atoms with Crippen molar-refractivity contribution in [2.24, 2.45) is 0 Å². The van der Waals surface area contributed by atoms with Crippen molar-refractivity contribution in [3.8, 4) is 0 Å². The number of hydrogen-bond donors (Lipinski definition) is 0. The molecule has 0 aromatic heterocycles. The van der Waals surface area contributed by atoms with Gasteiger partial charge in [0.2, 0.25) is 0 Å².